The predicted octanol–water partition coefficient (Wildman–Crippen LogP) is 1.91. The van der Waals surface area contributed by atoms with Gasteiger partial charge >= 0.3 is 0 Å². The molecule has 3 rings (SSSR count). The zero-order valence-electron chi connectivity index (χ0n) is 14.1. The second kappa shape index (κ2) is 7.05. The van der Waals surface area contributed by atoms with Crippen LogP contribution in [0.3, 0.4) is 0 Å². The number of aromatic nitrogens is 2. The predicted molar refractivity (Wildman–Crippen MR) is 90.3 cm³/mol. The highest BCUT2D eigenvalue weighted by Gasteiger charge is 2.35. The van der Waals surface area contributed by atoms with E-state index >= 15 is 0 Å². The van der Waals surface area contributed by atoms with Crippen molar-refractivity contribution in [2.75, 3.05) is 26.9 Å². The van der Waals surface area contributed by atoms with Gasteiger partial charge in [-0.25, -0.2) is 0 Å². The fourth-order valence-corrected chi connectivity index (χ4v) is 3.24. The fraction of sp³-hybridized carbons (Fsp3) is 0.444. The van der Waals surface area contributed by atoms with Crippen LogP contribution in [0.1, 0.15) is 28.8 Å². The van der Waals surface area contributed by atoms with Crippen LogP contribution in [0.5, 0.6) is 5.88 Å². The highest BCUT2D eigenvalue weighted by atomic mass is 16.5. The van der Waals surface area contributed by atoms with Gasteiger partial charge in [-0.15, -0.1) is 5.10 Å². The molecule has 2 aromatic rings. The SMILES string of the molecule is COc1nn(C)cc1C(=O)NCC1(c2ccccc2)CCOCC1. The van der Waals surface area contributed by atoms with E-state index in [1.165, 1.54) is 12.7 Å². The lowest BCUT2D eigenvalue weighted by Crippen LogP contribution is -2.44. The monoisotopic (exact) mass is 329 g/mol. The minimum absolute atomic E-state index is 0.0926. The molecule has 0 radical (unpaired) electrons. The summed E-state index contributed by atoms with van der Waals surface area (Å²) >= 11 is 0. The van der Waals surface area contributed by atoms with E-state index in [9.17, 15) is 4.79 Å². The van der Waals surface area contributed by atoms with E-state index < -0.39 is 0 Å². The Labute approximate surface area is 141 Å². The third kappa shape index (κ3) is 3.28. The quantitative estimate of drug-likeness (QED) is 0.910. The van der Waals surface area contributed by atoms with Crippen molar-refractivity contribution >= 4 is 5.91 Å². The fourth-order valence-electron chi connectivity index (χ4n) is 3.24. The summed E-state index contributed by atoms with van der Waals surface area (Å²) in [7, 11) is 3.28. The van der Waals surface area contributed by atoms with E-state index in [0.717, 1.165) is 12.8 Å². The van der Waals surface area contributed by atoms with Crippen molar-refractivity contribution < 1.29 is 14.3 Å². The van der Waals surface area contributed by atoms with E-state index in [1.54, 1.807) is 17.9 Å². The first-order valence-corrected chi connectivity index (χ1v) is 8.14. The topological polar surface area (TPSA) is 65.4 Å². The number of nitrogens with zero attached hydrogens (tertiary/aromatic N) is 2. The van der Waals surface area contributed by atoms with Crippen LogP contribution in [0.25, 0.3) is 0 Å². The largest absolute Gasteiger partial charge is 0.479 e. The summed E-state index contributed by atoms with van der Waals surface area (Å²) in [5.74, 6) is 0.178. The Morgan fingerprint density at radius 2 is 2.04 bits per heavy atom. The molecule has 1 N–H and O–H groups in total. The molecule has 0 spiro atoms. The van der Waals surface area contributed by atoms with Gasteiger partial charge in [0, 0.05) is 38.4 Å². The van der Waals surface area contributed by atoms with Gasteiger partial charge in [0.2, 0.25) is 5.88 Å². The molecule has 1 aliphatic heterocycles. The van der Waals surface area contributed by atoms with Crippen LogP contribution in [0.4, 0.5) is 0 Å². The highest BCUT2D eigenvalue weighted by Crippen LogP contribution is 2.34. The summed E-state index contributed by atoms with van der Waals surface area (Å²) in [6, 6.07) is 10.3. The molecule has 0 unspecified atom stereocenters. The van der Waals surface area contributed by atoms with Gasteiger partial charge in [0.1, 0.15) is 5.56 Å². The summed E-state index contributed by atoms with van der Waals surface area (Å²) in [5.41, 5.74) is 1.60. The van der Waals surface area contributed by atoms with Crippen LogP contribution >= 0.6 is 0 Å². The molecule has 1 amide bonds. The normalized spacial score (nSPS) is 16.6. The van der Waals surface area contributed by atoms with E-state index in [-0.39, 0.29) is 11.3 Å². The number of rotatable bonds is 5. The Balaban J connectivity index is 1.78. The number of methoxy groups -OCH3 is 1. The second-order valence-electron chi connectivity index (χ2n) is 6.17. The maximum Gasteiger partial charge on any atom is 0.258 e. The van der Waals surface area contributed by atoms with Gasteiger partial charge in [0.25, 0.3) is 5.91 Å². The number of aryl methyl sites for hydroxylation is 1. The van der Waals surface area contributed by atoms with Crippen molar-refractivity contribution in [2.24, 2.45) is 7.05 Å². The molecule has 0 saturated carbocycles. The van der Waals surface area contributed by atoms with Gasteiger partial charge < -0.3 is 14.8 Å². The van der Waals surface area contributed by atoms with Crippen LogP contribution in [0.15, 0.2) is 36.5 Å². The minimum atomic E-state index is -0.165. The average molecular weight is 329 g/mol. The summed E-state index contributed by atoms with van der Waals surface area (Å²) < 4.78 is 12.3. The van der Waals surface area contributed by atoms with Crippen molar-refractivity contribution in [1.29, 1.82) is 0 Å². The molecule has 1 fully saturated rings. The van der Waals surface area contributed by atoms with E-state index in [4.69, 9.17) is 9.47 Å². The maximum absolute atomic E-state index is 12.6. The molecule has 128 valence electrons. The van der Waals surface area contributed by atoms with E-state index in [0.29, 0.717) is 31.2 Å². The van der Waals surface area contributed by atoms with Crippen LogP contribution < -0.4 is 10.1 Å². The standard InChI is InChI=1S/C18H23N3O3/c1-21-12-15(17(20-21)23-2)16(22)19-13-18(8-10-24-11-9-18)14-6-4-3-5-7-14/h3-7,12H,8-11,13H2,1-2H3,(H,19,22). The molecular weight excluding hydrogens is 306 g/mol. The Hall–Kier alpha value is -2.34. The van der Waals surface area contributed by atoms with Gasteiger partial charge in [0.05, 0.1) is 7.11 Å². The van der Waals surface area contributed by atoms with Gasteiger partial charge in [-0.3, -0.25) is 9.48 Å². The number of carbonyl (C=O) groups is 1. The smallest absolute Gasteiger partial charge is 0.258 e. The van der Waals surface area contributed by atoms with Gasteiger partial charge in [-0.05, 0) is 18.4 Å². The average Bonchev–Trinajstić information content (AvgIpc) is 3.02. The first-order valence-electron chi connectivity index (χ1n) is 8.14. The lowest BCUT2D eigenvalue weighted by atomic mass is 9.74. The molecule has 0 atom stereocenters. The maximum atomic E-state index is 12.6. The zero-order valence-corrected chi connectivity index (χ0v) is 14.1. The number of benzene rings is 1. The molecule has 1 saturated heterocycles. The molecule has 2 heterocycles. The van der Waals surface area contributed by atoms with Crippen molar-refractivity contribution in [3.05, 3.63) is 47.7 Å². The van der Waals surface area contributed by atoms with Gasteiger partial charge in [-0.1, -0.05) is 30.3 Å². The lowest BCUT2D eigenvalue weighted by molar-refractivity contribution is 0.0487. The molecule has 0 bridgehead atoms. The van der Waals surface area contributed by atoms with Crippen LogP contribution in [0, 0.1) is 0 Å². The summed E-state index contributed by atoms with van der Waals surface area (Å²) in [4.78, 5) is 12.6. The van der Waals surface area contributed by atoms with Crippen LogP contribution in [-0.2, 0) is 17.2 Å². The molecule has 1 aromatic carbocycles. The Bertz CT molecular complexity index is 691. The Kier molecular flexibility index (Phi) is 4.85. The number of carbonyl (C=O) groups excluding carboxylic acids is 1. The third-order valence-electron chi connectivity index (χ3n) is 4.66. The molecule has 6 heteroatoms. The van der Waals surface area contributed by atoms with Crippen LogP contribution in [0.2, 0.25) is 0 Å². The summed E-state index contributed by atoms with van der Waals surface area (Å²) in [5, 5.41) is 7.20. The van der Waals surface area contributed by atoms with Crippen LogP contribution in [-0.4, -0.2) is 42.6 Å². The molecule has 0 aliphatic carbocycles. The zero-order chi connectivity index (χ0) is 17.0. The first kappa shape index (κ1) is 16.5. The second-order valence-corrected chi connectivity index (χ2v) is 6.17. The molecule has 6 nitrogen and oxygen atoms in total. The van der Waals surface area contributed by atoms with Gasteiger partial charge in [0.15, 0.2) is 0 Å². The number of amides is 1. The van der Waals surface area contributed by atoms with Crippen molar-refractivity contribution in [1.82, 2.24) is 15.1 Å². The highest BCUT2D eigenvalue weighted by molar-refractivity contribution is 5.96. The van der Waals surface area contributed by atoms with Crippen molar-refractivity contribution in [3.8, 4) is 5.88 Å². The number of ether oxygens (including phenoxy) is 2. The van der Waals surface area contributed by atoms with Crippen molar-refractivity contribution in [2.45, 2.75) is 18.3 Å². The Morgan fingerprint density at radius 3 is 2.71 bits per heavy atom. The number of nitrogens with one attached hydrogen (secondary N) is 1. The van der Waals surface area contributed by atoms with E-state index in [1.807, 2.05) is 18.2 Å². The minimum Gasteiger partial charge on any atom is -0.479 e. The lowest BCUT2D eigenvalue weighted by Gasteiger charge is -2.38. The Morgan fingerprint density at radius 1 is 1.33 bits per heavy atom. The molecule has 1 aromatic heterocycles. The summed E-state index contributed by atoms with van der Waals surface area (Å²) in [6.45, 7) is 1.99. The first-order chi connectivity index (χ1) is 11.6. The number of hydrogen-bond donors (Lipinski definition) is 1. The molecule has 1 aliphatic rings. The van der Waals surface area contributed by atoms with E-state index in [2.05, 4.69) is 22.5 Å². The van der Waals surface area contributed by atoms with Gasteiger partial charge in [-0.2, -0.15) is 0 Å². The third-order valence-corrected chi connectivity index (χ3v) is 4.66. The number of hydrogen-bond acceptors (Lipinski definition) is 4. The van der Waals surface area contributed by atoms with Crippen molar-refractivity contribution in [3.63, 3.8) is 0 Å². The molecule has 24 heavy (non-hydrogen) atoms. The summed E-state index contributed by atoms with van der Waals surface area (Å²) in [6.07, 6.45) is 3.45. The molecular formula is C18H23N3O3.